The van der Waals surface area contributed by atoms with Crippen LogP contribution in [0.15, 0.2) is 12.3 Å². The molecule has 20 heavy (non-hydrogen) atoms. The van der Waals surface area contributed by atoms with E-state index in [0.29, 0.717) is 13.2 Å². The predicted molar refractivity (Wildman–Crippen MR) is 69.7 cm³/mol. The molecule has 2 rings (SSSR count). The molecule has 8 heteroatoms. The average Bonchev–Trinajstić information content (AvgIpc) is 2.47. The molecule has 8 nitrogen and oxygen atoms in total. The number of carbonyl (C=O) groups excluding carboxylic acids is 1. The molecule has 0 aliphatic carbocycles. The zero-order valence-corrected chi connectivity index (χ0v) is 11.0. The monoisotopic (exact) mass is 281 g/mol. The minimum absolute atomic E-state index is 0.0149. The van der Waals surface area contributed by atoms with Crippen molar-refractivity contribution in [2.45, 2.75) is 18.9 Å². The number of rotatable bonds is 4. The molecular weight excluding hydrogens is 266 g/mol. The van der Waals surface area contributed by atoms with E-state index in [9.17, 15) is 14.9 Å². The normalized spacial score (nSPS) is 18.4. The Bertz CT molecular complexity index is 514. The van der Waals surface area contributed by atoms with Gasteiger partial charge in [-0.15, -0.1) is 0 Å². The second kappa shape index (κ2) is 6.29. The van der Waals surface area contributed by atoms with Gasteiger partial charge in [0.05, 0.1) is 30.2 Å². The van der Waals surface area contributed by atoms with E-state index in [0.717, 1.165) is 18.9 Å². The molecule has 1 unspecified atom stereocenters. The van der Waals surface area contributed by atoms with Gasteiger partial charge in [0.25, 0.3) is 0 Å². The summed E-state index contributed by atoms with van der Waals surface area (Å²) in [5, 5.41) is 14.1. The average molecular weight is 281 g/mol. The second-order valence-electron chi connectivity index (χ2n) is 4.40. The number of methoxy groups -OCH3 is 1. The van der Waals surface area contributed by atoms with Crippen LogP contribution in [-0.4, -0.2) is 42.2 Å². The number of esters is 1. The van der Waals surface area contributed by atoms with Gasteiger partial charge in [-0.05, 0) is 12.8 Å². The van der Waals surface area contributed by atoms with Crippen molar-refractivity contribution in [1.29, 1.82) is 0 Å². The maximum absolute atomic E-state index is 11.4. The van der Waals surface area contributed by atoms with Gasteiger partial charge < -0.3 is 14.8 Å². The fourth-order valence-corrected chi connectivity index (χ4v) is 1.98. The molecule has 0 saturated carbocycles. The van der Waals surface area contributed by atoms with Crippen molar-refractivity contribution in [3.05, 3.63) is 27.9 Å². The van der Waals surface area contributed by atoms with Crippen LogP contribution in [0.4, 0.5) is 11.5 Å². The van der Waals surface area contributed by atoms with E-state index in [1.54, 1.807) is 0 Å². The van der Waals surface area contributed by atoms with Crippen molar-refractivity contribution in [1.82, 2.24) is 4.98 Å². The van der Waals surface area contributed by atoms with Gasteiger partial charge in [-0.25, -0.2) is 9.78 Å². The highest BCUT2D eigenvalue weighted by molar-refractivity contribution is 5.90. The fraction of sp³-hybridized carbons (Fsp3) is 0.500. The first kappa shape index (κ1) is 14.2. The van der Waals surface area contributed by atoms with E-state index in [1.807, 2.05) is 0 Å². The van der Waals surface area contributed by atoms with E-state index in [-0.39, 0.29) is 23.1 Å². The lowest BCUT2D eigenvalue weighted by atomic mass is 10.1. The number of anilines is 1. The van der Waals surface area contributed by atoms with Crippen LogP contribution >= 0.6 is 0 Å². The smallest absolute Gasteiger partial charge is 0.339 e. The molecule has 1 atom stereocenters. The van der Waals surface area contributed by atoms with E-state index in [2.05, 4.69) is 15.0 Å². The first-order chi connectivity index (χ1) is 9.61. The maximum Gasteiger partial charge on any atom is 0.339 e. The Balaban J connectivity index is 2.23. The minimum atomic E-state index is -0.659. The number of ether oxygens (including phenoxy) is 2. The Kier molecular flexibility index (Phi) is 4.46. The number of pyridine rings is 1. The molecule has 1 saturated heterocycles. The van der Waals surface area contributed by atoms with E-state index in [4.69, 9.17) is 4.74 Å². The van der Waals surface area contributed by atoms with Gasteiger partial charge >= 0.3 is 11.7 Å². The summed E-state index contributed by atoms with van der Waals surface area (Å²) in [7, 11) is 1.21. The SMILES string of the molecule is COC(=O)c1cnc(NC2CCCOC2)c([N+](=O)[O-])c1. The number of nitrogens with one attached hydrogen (secondary N) is 1. The Morgan fingerprint density at radius 2 is 2.45 bits per heavy atom. The van der Waals surface area contributed by atoms with Crippen LogP contribution < -0.4 is 5.32 Å². The maximum atomic E-state index is 11.4. The lowest BCUT2D eigenvalue weighted by Gasteiger charge is -2.23. The van der Waals surface area contributed by atoms with Crippen LogP contribution in [0.5, 0.6) is 0 Å². The molecule has 108 valence electrons. The number of carbonyl (C=O) groups is 1. The quantitative estimate of drug-likeness (QED) is 0.505. The van der Waals surface area contributed by atoms with Crippen LogP contribution in [-0.2, 0) is 9.47 Å². The molecule has 0 radical (unpaired) electrons. The Morgan fingerprint density at radius 1 is 1.65 bits per heavy atom. The molecular formula is C12H15N3O5. The van der Waals surface area contributed by atoms with Gasteiger partial charge in [0.15, 0.2) is 0 Å². The van der Waals surface area contributed by atoms with Gasteiger partial charge in [0.2, 0.25) is 5.82 Å². The Hall–Kier alpha value is -2.22. The van der Waals surface area contributed by atoms with Crippen molar-refractivity contribution < 1.29 is 19.2 Å². The molecule has 0 aromatic carbocycles. The third kappa shape index (κ3) is 3.21. The molecule has 0 bridgehead atoms. The van der Waals surface area contributed by atoms with Gasteiger partial charge in [0, 0.05) is 18.9 Å². The van der Waals surface area contributed by atoms with E-state index < -0.39 is 10.9 Å². The van der Waals surface area contributed by atoms with Crippen LogP contribution in [0, 0.1) is 10.1 Å². The molecule has 1 aromatic heterocycles. The van der Waals surface area contributed by atoms with Gasteiger partial charge in [-0.1, -0.05) is 0 Å². The van der Waals surface area contributed by atoms with Crippen molar-refractivity contribution >= 4 is 17.5 Å². The summed E-state index contributed by atoms with van der Waals surface area (Å²) in [6.45, 7) is 1.19. The number of hydrogen-bond donors (Lipinski definition) is 1. The van der Waals surface area contributed by atoms with E-state index >= 15 is 0 Å². The van der Waals surface area contributed by atoms with Crippen molar-refractivity contribution in [3.63, 3.8) is 0 Å². The standard InChI is InChI=1S/C12H15N3O5/c1-19-12(16)8-5-10(15(17)18)11(13-6-8)14-9-3-2-4-20-7-9/h5-6,9H,2-4,7H2,1H3,(H,13,14). The van der Waals surface area contributed by atoms with Gasteiger partial charge in [0.1, 0.15) is 0 Å². The summed E-state index contributed by atoms with van der Waals surface area (Å²) in [5.41, 5.74) is -0.205. The van der Waals surface area contributed by atoms with Crippen molar-refractivity contribution in [2.24, 2.45) is 0 Å². The van der Waals surface area contributed by atoms with Crippen LogP contribution in [0.25, 0.3) is 0 Å². The zero-order valence-electron chi connectivity index (χ0n) is 11.0. The first-order valence-corrected chi connectivity index (χ1v) is 6.19. The Labute approximate surface area is 115 Å². The highest BCUT2D eigenvalue weighted by Crippen LogP contribution is 2.25. The van der Waals surface area contributed by atoms with Crippen molar-refractivity contribution in [2.75, 3.05) is 25.6 Å². The number of nitro groups is 1. The van der Waals surface area contributed by atoms with Gasteiger partial charge in [-0.2, -0.15) is 0 Å². The molecule has 0 spiro atoms. The fourth-order valence-electron chi connectivity index (χ4n) is 1.98. The summed E-state index contributed by atoms with van der Waals surface area (Å²) in [4.78, 5) is 25.8. The molecule has 1 aliphatic heterocycles. The third-order valence-electron chi connectivity index (χ3n) is 2.99. The summed E-state index contributed by atoms with van der Waals surface area (Å²) in [6.07, 6.45) is 3.01. The summed E-state index contributed by atoms with van der Waals surface area (Å²) in [6, 6.07) is 1.14. The molecule has 1 aromatic rings. The topological polar surface area (TPSA) is 104 Å². The first-order valence-electron chi connectivity index (χ1n) is 6.19. The number of aromatic nitrogens is 1. The molecule has 1 N–H and O–H groups in total. The summed E-state index contributed by atoms with van der Waals surface area (Å²) < 4.78 is 9.82. The lowest BCUT2D eigenvalue weighted by molar-refractivity contribution is -0.384. The highest BCUT2D eigenvalue weighted by Gasteiger charge is 2.22. The summed E-state index contributed by atoms with van der Waals surface area (Å²) in [5.74, 6) is -0.522. The number of hydrogen-bond acceptors (Lipinski definition) is 7. The van der Waals surface area contributed by atoms with E-state index in [1.165, 1.54) is 13.3 Å². The predicted octanol–water partition coefficient (Wildman–Crippen LogP) is 1.37. The van der Waals surface area contributed by atoms with Gasteiger partial charge in [-0.3, -0.25) is 10.1 Å². The number of nitrogens with zero attached hydrogens (tertiary/aromatic N) is 2. The van der Waals surface area contributed by atoms with Crippen LogP contribution in [0.3, 0.4) is 0 Å². The molecule has 1 fully saturated rings. The Morgan fingerprint density at radius 3 is 3.05 bits per heavy atom. The summed E-state index contributed by atoms with van der Waals surface area (Å²) >= 11 is 0. The largest absolute Gasteiger partial charge is 0.465 e. The van der Waals surface area contributed by atoms with Crippen molar-refractivity contribution in [3.8, 4) is 0 Å². The highest BCUT2D eigenvalue weighted by atomic mass is 16.6. The lowest BCUT2D eigenvalue weighted by Crippen LogP contribution is -2.30. The zero-order chi connectivity index (χ0) is 14.5. The minimum Gasteiger partial charge on any atom is -0.465 e. The third-order valence-corrected chi connectivity index (χ3v) is 2.99. The molecule has 0 amide bonds. The second-order valence-corrected chi connectivity index (χ2v) is 4.40. The molecule has 1 aliphatic rings. The van der Waals surface area contributed by atoms with Crippen LogP contribution in [0.1, 0.15) is 23.2 Å². The van der Waals surface area contributed by atoms with Crippen LogP contribution in [0.2, 0.25) is 0 Å². The molecule has 2 heterocycles.